The van der Waals surface area contributed by atoms with Gasteiger partial charge in [0.2, 0.25) is 0 Å². The summed E-state index contributed by atoms with van der Waals surface area (Å²) in [6.07, 6.45) is -3.97. The first-order chi connectivity index (χ1) is 10.7. The average molecular weight is 329 g/mol. The van der Waals surface area contributed by atoms with Crippen molar-refractivity contribution >= 4 is 5.91 Å². The number of carbonyl (C=O) groups excluding carboxylic acids is 1. The summed E-state index contributed by atoms with van der Waals surface area (Å²) in [5, 5.41) is 10.3. The van der Waals surface area contributed by atoms with Crippen LogP contribution in [0.15, 0.2) is 12.1 Å². The topological polar surface area (TPSA) is 64.7 Å². The molecule has 6 nitrogen and oxygen atoms in total. The number of amides is 1. The highest BCUT2D eigenvalue weighted by molar-refractivity contribution is 5.92. The van der Waals surface area contributed by atoms with Crippen LogP contribution in [0.3, 0.4) is 0 Å². The molecule has 0 aromatic carbocycles. The Balaban J connectivity index is 1.85. The Kier molecular flexibility index (Phi) is 4.76. The van der Waals surface area contributed by atoms with Crippen LogP contribution in [-0.4, -0.2) is 32.0 Å². The van der Waals surface area contributed by atoms with Crippen LogP contribution in [0, 0.1) is 13.8 Å². The molecule has 2 aromatic rings. The molecule has 0 unspecified atom stereocenters. The second-order valence-electron chi connectivity index (χ2n) is 5.30. The quantitative estimate of drug-likeness (QED) is 0.854. The summed E-state index contributed by atoms with van der Waals surface area (Å²) in [7, 11) is 1.67. The SMILES string of the molecule is Cc1cc(C(=O)NCCCn2nc(C(F)(F)F)cc2C)n(C)n1. The van der Waals surface area contributed by atoms with Gasteiger partial charge in [-0.3, -0.25) is 14.2 Å². The lowest BCUT2D eigenvalue weighted by molar-refractivity contribution is -0.141. The van der Waals surface area contributed by atoms with Gasteiger partial charge in [-0.15, -0.1) is 0 Å². The van der Waals surface area contributed by atoms with Crippen molar-refractivity contribution < 1.29 is 18.0 Å². The predicted molar refractivity (Wildman–Crippen MR) is 76.9 cm³/mol. The van der Waals surface area contributed by atoms with Gasteiger partial charge in [0, 0.05) is 25.8 Å². The molecule has 0 radical (unpaired) electrons. The number of carbonyl (C=O) groups is 1. The van der Waals surface area contributed by atoms with Crippen LogP contribution in [0.25, 0.3) is 0 Å². The van der Waals surface area contributed by atoms with Crippen LogP contribution in [0.5, 0.6) is 0 Å². The maximum atomic E-state index is 12.6. The van der Waals surface area contributed by atoms with Crippen molar-refractivity contribution in [3.63, 3.8) is 0 Å². The summed E-state index contributed by atoms with van der Waals surface area (Å²) < 4.78 is 40.5. The normalized spacial score (nSPS) is 11.7. The number of nitrogens with zero attached hydrogens (tertiary/aromatic N) is 4. The lowest BCUT2D eigenvalue weighted by Gasteiger charge is -2.07. The Labute approximate surface area is 131 Å². The Morgan fingerprint density at radius 2 is 1.96 bits per heavy atom. The van der Waals surface area contributed by atoms with Gasteiger partial charge >= 0.3 is 6.18 Å². The summed E-state index contributed by atoms with van der Waals surface area (Å²) >= 11 is 0. The minimum atomic E-state index is -4.44. The Bertz CT molecular complexity index is 702. The number of hydrogen-bond donors (Lipinski definition) is 1. The molecule has 0 atom stereocenters. The first-order valence-electron chi connectivity index (χ1n) is 7.09. The van der Waals surface area contributed by atoms with E-state index in [1.54, 1.807) is 27.0 Å². The summed E-state index contributed by atoms with van der Waals surface area (Å²) in [6, 6.07) is 2.68. The van der Waals surface area contributed by atoms with E-state index >= 15 is 0 Å². The molecule has 0 saturated carbocycles. The zero-order valence-corrected chi connectivity index (χ0v) is 13.1. The van der Waals surface area contributed by atoms with Gasteiger partial charge in [0.25, 0.3) is 5.91 Å². The molecule has 1 amide bonds. The van der Waals surface area contributed by atoms with Gasteiger partial charge in [0.1, 0.15) is 5.69 Å². The number of nitrogens with one attached hydrogen (secondary N) is 1. The number of aromatic nitrogens is 4. The molecule has 9 heteroatoms. The first-order valence-corrected chi connectivity index (χ1v) is 7.09. The molecule has 2 rings (SSSR count). The van der Waals surface area contributed by atoms with Crippen molar-refractivity contribution in [2.24, 2.45) is 7.05 Å². The van der Waals surface area contributed by atoms with E-state index in [2.05, 4.69) is 15.5 Å². The third-order valence-electron chi connectivity index (χ3n) is 3.34. The highest BCUT2D eigenvalue weighted by atomic mass is 19.4. The van der Waals surface area contributed by atoms with E-state index in [-0.39, 0.29) is 5.91 Å². The second-order valence-corrected chi connectivity index (χ2v) is 5.30. The maximum absolute atomic E-state index is 12.6. The van der Waals surface area contributed by atoms with Gasteiger partial charge < -0.3 is 5.32 Å². The standard InChI is InChI=1S/C14H18F3N5O/c1-9-7-11(21(3)19-9)13(23)18-5-4-6-22-10(2)8-12(20-22)14(15,16)17/h7-8H,4-6H2,1-3H3,(H,18,23). The van der Waals surface area contributed by atoms with Gasteiger partial charge in [-0.1, -0.05) is 0 Å². The molecule has 0 bridgehead atoms. The van der Waals surface area contributed by atoms with Crippen molar-refractivity contribution in [1.82, 2.24) is 24.9 Å². The van der Waals surface area contributed by atoms with E-state index in [1.807, 2.05) is 0 Å². The number of halogens is 3. The zero-order chi connectivity index (χ0) is 17.2. The number of hydrogen-bond acceptors (Lipinski definition) is 3. The number of alkyl halides is 3. The largest absolute Gasteiger partial charge is 0.435 e. The van der Waals surface area contributed by atoms with Gasteiger partial charge in [0.15, 0.2) is 5.69 Å². The Morgan fingerprint density at radius 1 is 1.26 bits per heavy atom. The average Bonchev–Trinajstić information content (AvgIpc) is 2.97. The van der Waals surface area contributed by atoms with Crippen molar-refractivity contribution in [1.29, 1.82) is 0 Å². The maximum Gasteiger partial charge on any atom is 0.435 e. The van der Waals surface area contributed by atoms with Crippen molar-refractivity contribution in [3.8, 4) is 0 Å². The highest BCUT2D eigenvalue weighted by Gasteiger charge is 2.34. The fraction of sp³-hybridized carbons (Fsp3) is 0.500. The molecule has 1 N–H and O–H groups in total. The van der Waals surface area contributed by atoms with Crippen LogP contribution >= 0.6 is 0 Å². The van der Waals surface area contributed by atoms with Crippen LogP contribution in [0.4, 0.5) is 13.2 Å². The predicted octanol–water partition coefficient (Wildman–Crippen LogP) is 2.07. The third kappa shape index (κ3) is 4.11. The third-order valence-corrected chi connectivity index (χ3v) is 3.34. The van der Waals surface area contributed by atoms with Crippen LogP contribution in [0.1, 0.15) is 34.0 Å². The second kappa shape index (κ2) is 6.43. The molecule has 0 aliphatic carbocycles. The minimum Gasteiger partial charge on any atom is -0.351 e. The van der Waals surface area contributed by atoms with E-state index in [9.17, 15) is 18.0 Å². The molecular weight excluding hydrogens is 311 g/mol. The number of rotatable bonds is 5. The highest BCUT2D eigenvalue weighted by Crippen LogP contribution is 2.28. The van der Waals surface area contributed by atoms with Crippen LogP contribution in [0.2, 0.25) is 0 Å². The number of aryl methyl sites for hydroxylation is 4. The van der Waals surface area contributed by atoms with Crippen LogP contribution < -0.4 is 5.32 Å². The van der Waals surface area contributed by atoms with E-state index in [4.69, 9.17) is 0 Å². The lowest BCUT2D eigenvalue weighted by Crippen LogP contribution is -2.27. The molecule has 2 heterocycles. The zero-order valence-electron chi connectivity index (χ0n) is 13.1. The smallest absolute Gasteiger partial charge is 0.351 e. The summed E-state index contributed by atoms with van der Waals surface area (Å²) in [4.78, 5) is 11.9. The van der Waals surface area contributed by atoms with E-state index < -0.39 is 11.9 Å². The summed E-state index contributed by atoms with van der Waals surface area (Å²) in [5.41, 5.74) is 0.719. The molecule has 0 aliphatic rings. The summed E-state index contributed by atoms with van der Waals surface area (Å²) in [5.74, 6) is -0.263. The molecule has 126 valence electrons. The van der Waals surface area contributed by atoms with Gasteiger partial charge in [0.05, 0.1) is 5.69 Å². The molecule has 0 saturated heterocycles. The van der Waals surface area contributed by atoms with Crippen molar-refractivity contribution in [2.45, 2.75) is 33.0 Å². The van der Waals surface area contributed by atoms with Crippen molar-refractivity contribution in [3.05, 3.63) is 34.9 Å². The van der Waals surface area contributed by atoms with E-state index in [1.165, 1.54) is 9.36 Å². The minimum absolute atomic E-state index is 0.263. The van der Waals surface area contributed by atoms with E-state index in [0.717, 1.165) is 11.8 Å². The molecule has 23 heavy (non-hydrogen) atoms. The molecule has 0 spiro atoms. The molecule has 0 aliphatic heterocycles. The fourth-order valence-corrected chi connectivity index (χ4v) is 2.22. The van der Waals surface area contributed by atoms with Crippen molar-refractivity contribution in [2.75, 3.05) is 6.54 Å². The van der Waals surface area contributed by atoms with Gasteiger partial charge in [-0.2, -0.15) is 23.4 Å². The Hall–Kier alpha value is -2.32. The fourth-order valence-electron chi connectivity index (χ4n) is 2.22. The van der Waals surface area contributed by atoms with E-state index in [0.29, 0.717) is 30.9 Å². The van der Waals surface area contributed by atoms with Gasteiger partial charge in [-0.25, -0.2) is 0 Å². The lowest BCUT2D eigenvalue weighted by atomic mass is 10.3. The van der Waals surface area contributed by atoms with Gasteiger partial charge in [-0.05, 0) is 32.4 Å². The van der Waals surface area contributed by atoms with Crippen LogP contribution in [-0.2, 0) is 19.8 Å². The molecular formula is C14H18F3N5O. The molecule has 2 aromatic heterocycles. The summed E-state index contributed by atoms with van der Waals surface area (Å²) in [6.45, 7) is 3.99. The first kappa shape index (κ1) is 17.0. The Morgan fingerprint density at radius 3 is 2.48 bits per heavy atom. The monoisotopic (exact) mass is 329 g/mol. The molecule has 0 fully saturated rings.